The van der Waals surface area contributed by atoms with Crippen molar-refractivity contribution in [1.29, 1.82) is 0 Å². The van der Waals surface area contributed by atoms with Gasteiger partial charge in [-0.15, -0.1) is 0 Å². The van der Waals surface area contributed by atoms with Crippen molar-refractivity contribution in [3.05, 3.63) is 48.0 Å². The Balaban J connectivity index is 1.63. The van der Waals surface area contributed by atoms with E-state index in [4.69, 9.17) is 4.74 Å². The molecular weight excluding hydrogens is 290 g/mol. The number of methoxy groups -OCH3 is 1. The number of ether oxygens (including phenoxy) is 1. The molecule has 0 N–H and O–H groups in total. The smallest absolute Gasteiger partial charge is 0.227 e. The predicted molar refractivity (Wildman–Crippen MR) is 88.5 cm³/mol. The maximum atomic E-state index is 12.6. The molecule has 1 atom stereocenters. The third-order valence-corrected chi connectivity index (χ3v) is 4.51. The third kappa shape index (κ3) is 3.55. The average molecular weight is 313 g/mol. The molecule has 1 fully saturated rings. The summed E-state index contributed by atoms with van der Waals surface area (Å²) in [4.78, 5) is 19.0. The second-order valence-electron chi connectivity index (χ2n) is 6.10. The summed E-state index contributed by atoms with van der Waals surface area (Å²) in [5.41, 5.74) is 1.02. The number of nitrogens with zero attached hydrogens (tertiary/aromatic N) is 3. The van der Waals surface area contributed by atoms with Gasteiger partial charge in [0.05, 0.1) is 13.5 Å². The molecule has 0 bridgehead atoms. The molecule has 1 aromatic heterocycles. The number of piperidine rings is 1. The summed E-state index contributed by atoms with van der Waals surface area (Å²) in [6.45, 7) is 1.61. The van der Waals surface area contributed by atoms with Crippen molar-refractivity contribution in [3.63, 3.8) is 0 Å². The maximum Gasteiger partial charge on any atom is 0.227 e. The summed E-state index contributed by atoms with van der Waals surface area (Å²) < 4.78 is 7.21. The SMILES string of the molecule is COc1ccc(CC(=O)N2CCC[C@@H](c3nccn3C)C2)cc1. The fraction of sp³-hybridized carbons (Fsp3) is 0.444. The number of amides is 1. The molecule has 5 heteroatoms. The number of aromatic nitrogens is 2. The quantitative estimate of drug-likeness (QED) is 0.870. The van der Waals surface area contributed by atoms with Crippen LogP contribution in [0.4, 0.5) is 0 Å². The first-order valence-electron chi connectivity index (χ1n) is 8.05. The lowest BCUT2D eigenvalue weighted by molar-refractivity contribution is -0.131. The minimum atomic E-state index is 0.189. The molecule has 122 valence electrons. The van der Waals surface area contributed by atoms with Crippen LogP contribution in [0.2, 0.25) is 0 Å². The van der Waals surface area contributed by atoms with Crippen molar-refractivity contribution >= 4 is 5.91 Å². The van der Waals surface area contributed by atoms with Crippen LogP contribution in [-0.4, -0.2) is 40.6 Å². The Bertz CT molecular complexity index is 663. The average Bonchev–Trinajstić information content (AvgIpc) is 3.02. The number of benzene rings is 1. The molecule has 0 aliphatic carbocycles. The van der Waals surface area contributed by atoms with Crippen molar-refractivity contribution in [2.45, 2.75) is 25.2 Å². The summed E-state index contributed by atoms with van der Waals surface area (Å²) in [6.07, 6.45) is 6.36. The lowest BCUT2D eigenvalue weighted by atomic mass is 9.96. The van der Waals surface area contributed by atoms with E-state index in [9.17, 15) is 4.79 Å². The molecule has 1 amide bonds. The zero-order chi connectivity index (χ0) is 16.2. The summed E-state index contributed by atoms with van der Waals surface area (Å²) in [5, 5.41) is 0. The fourth-order valence-corrected chi connectivity index (χ4v) is 3.21. The molecule has 2 aromatic rings. The molecule has 0 radical (unpaired) electrons. The molecule has 2 heterocycles. The van der Waals surface area contributed by atoms with Gasteiger partial charge in [0.25, 0.3) is 0 Å². The normalized spacial score (nSPS) is 18.0. The first kappa shape index (κ1) is 15.6. The molecule has 1 aliphatic rings. The van der Waals surface area contributed by atoms with Gasteiger partial charge in [0.2, 0.25) is 5.91 Å². The molecule has 3 rings (SSSR count). The van der Waals surface area contributed by atoms with Crippen molar-refractivity contribution in [2.75, 3.05) is 20.2 Å². The lowest BCUT2D eigenvalue weighted by Gasteiger charge is -2.32. The first-order chi connectivity index (χ1) is 11.2. The second-order valence-corrected chi connectivity index (χ2v) is 6.10. The van der Waals surface area contributed by atoms with Gasteiger partial charge >= 0.3 is 0 Å². The van der Waals surface area contributed by atoms with Crippen molar-refractivity contribution in [3.8, 4) is 5.75 Å². The number of carbonyl (C=O) groups is 1. The van der Waals surface area contributed by atoms with Crippen LogP contribution >= 0.6 is 0 Å². The first-order valence-corrected chi connectivity index (χ1v) is 8.05. The van der Waals surface area contributed by atoms with E-state index < -0.39 is 0 Å². The number of hydrogen-bond acceptors (Lipinski definition) is 3. The zero-order valence-electron chi connectivity index (χ0n) is 13.7. The molecule has 0 unspecified atom stereocenters. The molecule has 1 aliphatic heterocycles. The molecule has 1 aromatic carbocycles. The van der Waals surface area contributed by atoms with E-state index in [2.05, 4.69) is 9.55 Å². The molecule has 0 saturated carbocycles. The van der Waals surface area contributed by atoms with Gasteiger partial charge in [-0.2, -0.15) is 0 Å². The van der Waals surface area contributed by atoms with Crippen LogP contribution in [0.3, 0.4) is 0 Å². The van der Waals surface area contributed by atoms with Gasteiger partial charge in [-0.25, -0.2) is 4.98 Å². The highest BCUT2D eigenvalue weighted by Gasteiger charge is 2.26. The van der Waals surface area contributed by atoms with E-state index in [0.29, 0.717) is 12.3 Å². The molecular formula is C18H23N3O2. The minimum Gasteiger partial charge on any atom is -0.497 e. The Labute approximate surface area is 136 Å². The topological polar surface area (TPSA) is 47.4 Å². The Kier molecular flexibility index (Phi) is 4.65. The Morgan fingerprint density at radius 1 is 1.35 bits per heavy atom. The molecule has 5 nitrogen and oxygen atoms in total. The number of carbonyl (C=O) groups excluding carboxylic acids is 1. The zero-order valence-corrected chi connectivity index (χ0v) is 13.7. The van der Waals surface area contributed by atoms with Gasteiger partial charge in [-0.05, 0) is 30.5 Å². The Hall–Kier alpha value is -2.30. The number of rotatable bonds is 4. The van der Waals surface area contributed by atoms with Crippen molar-refractivity contribution in [1.82, 2.24) is 14.5 Å². The third-order valence-electron chi connectivity index (χ3n) is 4.51. The molecule has 0 spiro atoms. The van der Waals surface area contributed by atoms with Crippen LogP contribution < -0.4 is 4.74 Å². The second kappa shape index (κ2) is 6.86. The van der Waals surface area contributed by atoms with Crippen LogP contribution in [-0.2, 0) is 18.3 Å². The van der Waals surface area contributed by atoms with Gasteiger partial charge in [0.1, 0.15) is 11.6 Å². The maximum absolute atomic E-state index is 12.6. The highest BCUT2D eigenvalue weighted by atomic mass is 16.5. The molecule has 23 heavy (non-hydrogen) atoms. The summed E-state index contributed by atoms with van der Waals surface area (Å²) in [6, 6.07) is 7.71. The van der Waals surface area contributed by atoms with E-state index >= 15 is 0 Å². The van der Waals surface area contributed by atoms with Crippen LogP contribution in [0.25, 0.3) is 0 Å². The number of imidazole rings is 1. The summed E-state index contributed by atoms with van der Waals surface area (Å²) in [5.74, 6) is 2.42. The minimum absolute atomic E-state index is 0.189. The van der Waals surface area contributed by atoms with E-state index in [1.807, 2.05) is 48.6 Å². The van der Waals surface area contributed by atoms with Gasteiger partial charge in [-0.1, -0.05) is 12.1 Å². The van der Waals surface area contributed by atoms with Gasteiger partial charge in [0.15, 0.2) is 0 Å². The van der Waals surface area contributed by atoms with Gasteiger partial charge in [-0.3, -0.25) is 4.79 Å². The summed E-state index contributed by atoms with van der Waals surface area (Å²) >= 11 is 0. The summed E-state index contributed by atoms with van der Waals surface area (Å²) in [7, 11) is 3.66. The van der Waals surface area contributed by atoms with Crippen LogP contribution in [0.1, 0.15) is 30.1 Å². The lowest BCUT2D eigenvalue weighted by Crippen LogP contribution is -2.40. The van der Waals surface area contributed by atoms with Gasteiger partial charge < -0.3 is 14.2 Å². The largest absolute Gasteiger partial charge is 0.497 e. The highest BCUT2D eigenvalue weighted by Crippen LogP contribution is 2.26. The number of likely N-dealkylation sites (tertiary alicyclic amines) is 1. The standard InChI is InChI=1S/C18H23N3O2/c1-20-11-9-19-18(20)15-4-3-10-21(13-15)17(22)12-14-5-7-16(23-2)8-6-14/h5-9,11,15H,3-4,10,12-13H2,1-2H3/t15-/m1/s1. The Morgan fingerprint density at radius 3 is 2.78 bits per heavy atom. The predicted octanol–water partition coefficient (Wildman–Crippen LogP) is 2.38. The molecule has 1 saturated heterocycles. The number of aryl methyl sites for hydroxylation is 1. The number of hydrogen-bond donors (Lipinski definition) is 0. The van der Waals surface area contributed by atoms with Gasteiger partial charge in [0, 0.05) is 38.4 Å². The van der Waals surface area contributed by atoms with Crippen LogP contribution in [0.5, 0.6) is 5.75 Å². The highest BCUT2D eigenvalue weighted by molar-refractivity contribution is 5.79. The van der Waals surface area contributed by atoms with Crippen molar-refractivity contribution < 1.29 is 9.53 Å². The van der Waals surface area contributed by atoms with Crippen LogP contribution in [0, 0.1) is 0 Å². The Morgan fingerprint density at radius 2 is 2.13 bits per heavy atom. The van der Waals surface area contributed by atoms with Crippen molar-refractivity contribution in [2.24, 2.45) is 7.05 Å². The van der Waals surface area contributed by atoms with E-state index in [1.54, 1.807) is 7.11 Å². The van der Waals surface area contributed by atoms with E-state index in [-0.39, 0.29) is 5.91 Å². The fourth-order valence-electron chi connectivity index (χ4n) is 3.21. The van der Waals surface area contributed by atoms with Crippen LogP contribution in [0.15, 0.2) is 36.7 Å². The monoisotopic (exact) mass is 313 g/mol. The van der Waals surface area contributed by atoms with E-state index in [0.717, 1.165) is 43.1 Å². The van der Waals surface area contributed by atoms with E-state index in [1.165, 1.54) is 0 Å².